The Morgan fingerprint density at radius 2 is 1.72 bits per heavy atom. The van der Waals surface area contributed by atoms with Crippen LogP contribution in [0.2, 0.25) is 0 Å². The minimum absolute atomic E-state index is 0.0716. The molecule has 2 aromatic carbocycles. The van der Waals surface area contributed by atoms with Crippen molar-refractivity contribution in [3.05, 3.63) is 74.4 Å². The second kappa shape index (κ2) is 10.5. The van der Waals surface area contributed by atoms with Crippen LogP contribution in [0.5, 0.6) is 0 Å². The van der Waals surface area contributed by atoms with Gasteiger partial charge in [-0.3, -0.25) is 10.1 Å². The van der Waals surface area contributed by atoms with Crippen LogP contribution in [0.4, 0.5) is 11.4 Å². The van der Waals surface area contributed by atoms with E-state index in [0.29, 0.717) is 11.8 Å². The molecule has 0 radical (unpaired) electrons. The third-order valence-electron chi connectivity index (χ3n) is 5.20. The Labute approximate surface area is 193 Å². The summed E-state index contributed by atoms with van der Waals surface area (Å²) in [6.45, 7) is 10.8. The van der Waals surface area contributed by atoms with Crippen molar-refractivity contribution >= 4 is 28.4 Å². The molecule has 0 saturated heterocycles. The smallest absolute Gasteiger partial charge is 0.258 e. The summed E-state index contributed by atoms with van der Waals surface area (Å²) < 4.78 is 1.86. The van der Waals surface area contributed by atoms with Crippen molar-refractivity contribution in [2.45, 2.75) is 53.4 Å². The largest absolute Gasteiger partial charge is 0.269 e. The Balaban J connectivity index is 2.07. The first-order valence-electron chi connectivity index (χ1n) is 10.9. The second-order valence-corrected chi connectivity index (χ2v) is 9.48. The van der Waals surface area contributed by atoms with Crippen LogP contribution in [0.25, 0.3) is 11.3 Å². The van der Waals surface area contributed by atoms with Crippen LogP contribution in [-0.4, -0.2) is 15.3 Å². The van der Waals surface area contributed by atoms with Crippen LogP contribution >= 0.6 is 11.3 Å². The van der Waals surface area contributed by atoms with E-state index in [9.17, 15) is 10.1 Å². The van der Waals surface area contributed by atoms with Crippen molar-refractivity contribution in [2.24, 2.45) is 16.0 Å². The van der Waals surface area contributed by atoms with Crippen molar-refractivity contribution in [1.29, 1.82) is 0 Å². The van der Waals surface area contributed by atoms with Gasteiger partial charge < -0.3 is 0 Å². The first-order valence-corrected chi connectivity index (χ1v) is 11.8. The van der Waals surface area contributed by atoms with E-state index in [0.717, 1.165) is 40.3 Å². The lowest BCUT2D eigenvalue weighted by atomic mass is 10.0. The average Bonchev–Trinajstić information content (AvgIpc) is 3.14. The van der Waals surface area contributed by atoms with Crippen LogP contribution < -0.4 is 4.80 Å². The lowest BCUT2D eigenvalue weighted by molar-refractivity contribution is -0.384. The Bertz CT molecular complexity index is 1150. The zero-order valence-corrected chi connectivity index (χ0v) is 20.1. The van der Waals surface area contributed by atoms with Crippen molar-refractivity contribution in [3.8, 4) is 11.3 Å². The van der Waals surface area contributed by atoms with Crippen molar-refractivity contribution in [2.75, 3.05) is 0 Å². The molecule has 0 aliphatic carbocycles. The highest BCUT2D eigenvalue weighted by atomic mass is 32.1. The minimum Gasteiger partial charge on any atom is -0.258 e. The maximum absolute atomic E-state index is 11.0. The fourth-order valence-electron chi connectivity index (χ4n) is 3.19. The molecular weight excluding hydrogens is 420 g/mol. The molecule has 168 valence electrons. The zero-order valence-electron chi connectivity index (χ0n) is 19.3. The van der Waals surface area contributed by atoms with E-state index in [1.807, 2.05) is 29.1 Å². The summed E-state index contributed by atoms with van der Waals surface area (Å²) >= 11 is 1.51. The molecular formula is C25H30N4O2S. The number of nitrogens with zero attached hydrogens (tertiary/aromatic N) is 4. The maximum Gasteiger partial charge on any atom is 0.269 e. The van der Waals surface area contributed by atoms with Gasteiger partial charge in [0.05, 0.1) is 16.3 Å². The van der Waals surface area contributed by atoms with Gasteiger partial charge in [-0.2, -0.15) is 5.10 Å². The van der Waals surface area contributed by atoms with Crippen molar-refractivity contribution in [1.82, 2.24) is 4.68 Å². The van der Waals surface area contributed by atoms with E-state index in [2.05, 4.69) is 39.8 Å². The molecule has 1 heterocycles. The Morgan fingerprint density at radius 1 is 1.06 bits per heavy atom. The topological polar surface area (TPSA) is 72.8 Å². The molecule has 0 unspecified atom stereocenters. The quantitative estimate of drug-likeness (QED) is 0.208. The molecule has 0 bridgehead atoms. The second-order valence-electron chi connectivity index (χ2n) is 8.65. The van der Waals surface area contributed by atoms with E-state index in [1.54, 1.807) is 12.1 Å². The van der Waals surface area contributed by atoms with E-state index in [4.69, 9.17) is 10.1 Å². The number of benzene rings is 2. The zero-order chi connectivity index (χ0) is 23.3. The predicted octanol–water partition coefficient (Wildman–Crippen LogP) is 7.14. The standard InChI is InChI=1S/C25H30N4O2S/c1-17(2)6-7-19(5)27-28-24(21-10-14-23(15-11-21)29(30)31)16-32-25(28)26-22-12-8-20(9-13-22)18(3)4/h8-18H,6-7H2,1-5H3. The maximum atomic E-state index is 11.0. The number of rotatable bonds is 8. The predicted molar refractivity (Wildman–Crippen MR) is 133 cm³/mol. The van der Waals surface area contributed by atoms with E-state index in [1.165, 1.54) is 29.0 Å². The molecule has 0 atom stereocenters. The molecule has 0 fully saturated rings. The van der Waals surface area contributed by atoms with E-state index < -0.39 is 0 Å². The monoisotopic (exact) mass is 450 g/mol. The molecule has 0 amide bonds. The van der Waals surface area contributed by atoms with Crippen molar-refractivity contribution < 1.29 is 4.92 Å². The number of nitro groups is 1. The molecule has 0 N–H and O–H groups in total. The normalized spacial score (nSPS) is 12.7. The molecule has 0 aliphatic rings. The van der Waals surface area contributed by atoms with E-state index in [-0.39, 0.29) is 10.6 Å². The minimum atomic E-state index is -0.388. The number of non-ortho nitro benzene ring substituents is 1. The summed E-state index contributed by atoms with van der Waals surface area (Å²) in [5.74, 6) is 1.07. The highest BCUT2D eigenvalue weighted by molar-refractivity contribution is 7.07. The fourth-order valence-corrected chi connectivity index (χ4v) is 4.04. The van der Waals surface area contributed by atoms with Gasteiger partial charge in [0.25, 0.3) is 5.69 Å². The lowest BCUT2D eigenvalue weighted by Crippen LogP contribution is -2.13. The van der Waals surface area contributed by atoms with Gasteiger partial charge in [-0.25, -0.2) is 9.67 Å². The summed E-state index contributed by atoms with van der Waals surface area (Å²) in [4.78, 5) is 16.3. The van der Waals surface area contributed by atoms with Gasteiger partial charge in [-0.05, 0) is 61.4 Å². The Hall–Kier alpha value is -3.06. The molecule has 3 rings (SSSR count). The van der Waals surface area contributed by atoms with Gasteiger partial charge in [-0.1, -0.05) is 39.8 Å². The highest BCUT2D eigenvalue weighted by Crippen LogP contribution is 2.24. The van der Waals surface area contributed by atoms with Crippen LogP contribution in [-0.2, 0) is 0 Å². The molecule has 3 aromatic rings. The van der Waals surface area contributed by atoms with Gasteiger partial charge in [0.15, 0.2) is 0 Å². The molecule has 7 heteroatoms. The Morgan fingerprint density at radius 3 is 2.28 bits per heavy atom. The van der Waals surface area contributed by atoms with Gasteiger partial charge in [0.1, 0.15) is 0 Å². The first kappa shape index (κ1) is 23.6. The summed E-state index contributed by atoms with van der Waals surface area (Å²) in [5.41, 5.74) is 4.97. The molecule has 0 saturated carbocycles. The summed E-state index contributed by atoms with van der Waals surface area (Å²) in [5, 5.41) is 17.9. The number of nitro benzene ring substituents is 1. The van der Waals surface area contributed by atoms with Crippen LogP contribution in [0.1, 0.15) is 58.9 Å². The molecule has 32 heavy (non-hydrogen) atoms. The van der Waals surface area contributed by atoms with Crippen LogP contribution in [0.15, 0.2) is 64.0 Å². The fraction of sp³-hybridized carbons (Fsp3) is 0.360. The third kappa shape index (κ3) is 6.01. The molecule has 1 aromatic heterocycles. The summed E-state index contributed by atoms with van der Waals surface area (Å²) in [6, 6.07) is 14.8. The number of thiazole rings is 1. The number of hydrogen-bond acceptors (Lipinski definition) is 5. The van der Waals surface area contributed by atoms with Gasteiger partial charge >= 0.3 is 0 Å². The molecule has 0 aliphatic heterocycles. The lowest BCUT2D eigenvalue weighted by Gasteiger charge is -2.08. The van der Waals surface area contributed by atoms with Crippen LogP contribution in [0.3, 0.4) is 0 Å². The van der Waals surface area contributed by atoms with Gasteiger partial charge in [0, 0.05) is 28.8 Å². The molecule has 0 spiro atoms. The van der Waals surface area contributed by atoms with E-state index >= 15 is 0 Å². The van der Waals surface area contributed by atoms with Gasteiger partial charge in [0.2, 0.25) is 4.80 Å². The average molecular weight is 451 g/mol. The van der Waals surface area contributed by atoms with Crippen LogP contribution in [0, 0.1) is 16.0 Å². The van der Waals surface area contributed by atoms with Gasteiger partial charge in [-0.15, -0.1) is 11.3 Å². The highest BCUT2D eigenvalue weighted by Gasteiger charge is 2.11. The summed E-state index contributed by atoms with van der Waals surface area (Å²) in [7, 11) is 0. The number of hydrogen-bond donors (Lipinski definition) is 0. The summed E-state index contributed by atoms with van der Waals surface area (Å²) in [6.07, 6.45) is 1.97. The number of aromatic nitrogens is 1. The third-order valence-corrected chi connectivity index (χ3v) is 6.01. The van der Waals surface area contributed by atoms with Crippen molar-refractivity contribution in [3.63, 3.8) is 0 Å². The Kier molecular flexibility index (Phi) is 7.75. The first-order chi connectivity index (χ1) is 15.2. The SMILES string of the molecule is CC(CCC(C)C)=Nn1c(-c2ccc([N+](=O)[O-])cc2)csc1=Nc1ccc(C(C)C)cc1. The molecule has 6 nitrogen and oxygen atoms in total.